The lowest BCUT2D eigenvalue weighted by molar-refractivity contribution is -0.172. The van der Waals surface area contributed by atoms with Gasteiger partial charge in [0.05, 0.1) is 6.04 Å². The van der Waals surface area contributed by atoms with Crippen LogP contribution in [0.1, 0.15) is 37.8 Å². The maximum absolute atomic E-state index is 13.1. The Morgan fingerprint density at radius 2 is 1.63 bits per heavy atom. The van der Waals surface area contributed by atoms with E-state index in [2.05, 4.69) is 10.6 Å². The molecular formula is C26H33N3O6. The molecule has 188 valence electrons. The number of rotatable bonds is 9. The van der Waals surface area contributed by atoms with Gasteiger partial charge in [-0.2, -0.15) is 0 Å². The molecule has 0 unspecified atom stereocenters. The SMILES string of the molecule is C[C@H](NC(=O)OCc1ccccc1)C(=O)N1CCC[C@H]1C(=O)N[C@@H](Cc1ccccc1)C(C)(O)O. The van der Waals surface area contributed by atoms with E-state index in [4.69, 9.17) is 4.74 Å². The van der Waals surface area contributed by atoms with E-state index in [0.29, 0.717) is 19.4 Å². The zero-order chi connectivity index (χ0) is 25.4. The third kappa shape index (κ3) is 7.53. The van der Waals surface area contributed by atoms with E-state index >= 15 is 0 Å². The van der Waals surface area contributed by atoms with Crippen molar-refractivity contribution < 1.29 is 29.3 Å². The molecule has 1 saturated heterocycles. The van der Waals surface area contributed by atoms with Crippen molar-refractivity contribution in [2.75, 3.05) is 6.54 Å². The molecule has 0 aliphatic carbocycles. The Morgan fingerprint density at radius 3 is 2.23 bits per heavy atom. The first-order valence-electron chi connectivity index (χ1n) is 11.7. The van der Waals surface area contributed by atoms with Crippen LogP contribution in [0.3, 0.4) is 0 Å². The highest BCUT2D eigenvalue weighted by Crippen LogP contribution is 2.20. The van der Waals surface area contributed by atoms with E-state index in [1.54, 1.807) is 0 Å². The third-order valence-corrected chi connectivity index (χ3v) is 6.02. The summed E-state index contributed by atoms with van der Waals surface area (Å²) in [6.45, 7) is 3.19. The quantitative estimate of drug-likeness (QED) is 0.402. The molecule has 4 N–H and O–H groups in total. The normalized spacial score (nSPS) is 17.4. The zero-order valence-corrected chi connectivity index (χ0v) is 20.0. The van der Waals surface area contributed by atoms with Crippen LogP contribution in [0, 0.1) is 0 Å². The number of likely N-dealkylation sites (tertiary alicyclic amines) is 1. The lowest BCUT2D eigenvalue weighted by Crippen LogP contribution is -2.58. The molecule has 0 saturated carbocycles. The number of hydrogen-bond acceptors (Lipinski definition) is 6. The monoisotopic (exact) mass is 483 g/mol. The van der Waals surface area contributed by atoms with Crippen LogP contribution in [-0.2, 0) is 27.4 Å². The standard InChI is InChI=1S/C26H33N3O6/c1-18(27-25(32)35-17-20-12-7-4-8-13-20)24(31)29-15-9-14-21(29)23(30)28-22(26(2,33)34)16-19-10-5-3-6-11-19/h3-8,10-13,18,21-22,33-34H,9,14-17H2,1-2H3,(H,27,32)(H,28,30)/t18-,21-,22-/m0/s1. The fraction of sp³-hybridized carbons (Fsp3) is 0.423. The van der Waals surface area contributed by atoms with E-state index in [-0.39, 0.29) is 13.0 Å². The number of carbonyl (C=O) groups excluding carboxylic acids is 3. The summed E-state index contributed by atoms with van der Waals surface area (Å²) in [5.74, 6) is -3.03. The van der Waals surface area contributed by atoms with Gasteiger partial charge in [-0.05, 0) is 44.2 Å². The van der Waals surface area contributed by atoms with Gasteiger partial charge in [-0.3, -0.25) is 9.59 Å². The van der Waals surface area contributed by atoms with Crippen LogP contribution in [-0.4, -0.2) is 63.5 Å². The molecule has 1 aliphatic rings. The van der Waals surface area contributed by atoms with Gasteiger partial charge in [0.15, 0.2) is 5.79 Å². The average Bonchev–Trinajstić information content (AvgIpc) is 3.32. The minimum absolute atomic E-state index is 0.0756. The second kappa shape index (κ2) is 11.8. The molecule has 0 radical (unpaired) electrons. The fourth-order valence-corrected chi connectivity index (χ4v) is 4.05. The number of hydrogen-bond donors (Lipinski definition) is 4. The predicted molar refractivity (Wildman–Crippen MR) is 129 cm³/mol. The van der Waals surface area contributed by atoms with Crippen molar-refractivity contribution in [3.63, 3.8) is 0 Å². The van der Waals surface area contributed by atoms with Crippen LogP contribution in [0.4, 0.5) is 4.79 Å². The molecule has 3 rings (SSSR count). The van der Waals surface area contributed by atoms with Crippen LogP contribution in [0.5, 0.6) is 0 Å². The summed E-state index contributed by atoms with van der Waals surface area (Å²) < 4.78 is 5.18. The molecule has 35 heavy (non-hydrogen) atoms. The van der Waals surface area contributed by atoms with Crippen LogP contribution >= 0.6 is 0 Å². The van der Waals surface area contributed by atoms with E-state index < -0.39 is 41.8 Å². The number of nitrogens with one attached hydrogen (secondary N) is 2. The minimum Gasteiger partial charge on any atom is -0.445 e. The fourth-order valence-electron chi connectivity index (χ4n) is 4.05. The first-order chi connectivity index (χ1) is 16.6. The number of nitrogens with zero attached hydrogens (tertiary/aromatic N) is 1. The van der Waals surface area contributed by atoms with E-state index in [0.717, 1.165) is 11.1 Å². The molecule has 9 heteroatoms. The van der Waals surface area contributed by atoms with Crippen LogP contribution in [0.15, 0.2) is 60.7 Å². The van der Waals surface area contributed by atoms with Gasteiger partial charge in [0.25, 0.3) is 0 Å². The molecule has 9 nitrogen and oxygen atoms in total. The van der Waals surface area contributed by atoms with Gasteiger partial charge < -0.3 is 30.5 Å². The van der Waals surface area contributed by atoms with E-state index in [9.17, 15) is 24.6 Å². The van der Waals surface area contributed by atoms with Crippen LogP contribution < -0.4 is 10.6 Å². The van der Waals surface area contributed by atoms with Gasteiger partial charge in [-0.1, -0.05) is 60.7 Å². The van der Waals surface area contributed by atoms with Crippen molar-refractivity contribution in [3.05, 3.63) is 71.8 Å². The maximum Gasteiger partial charge on any atom is 0.408 e. The van der Waals surface area contributed by atoms with Gasteiger partial charge in [-0.15, -0.1) is 0 Å². The summed E-state index contributed by atoms with van der Waals surface area (Å²) in [7, 11) is 0. The summed E-state index contributed by atoms with van der Waals surface area (Å²) in [6, 6.07) is 15.7. The van der Waals surface area contributed by atoms with Crippen molar-refractivity contribution in [2.24, 2.45) is 0 Å². The maximum atomic E-state index is 13.1. The Kier molecular flexibility index (Phi) is 8.84. The molecule has 3 atom stereocenters. The Balaban J connectivity index is 1.57. The Morgan fingerprint density at radius 1 is 1.03 bits per heavy atom. The minimum atomic E-state index is -2.16. The van der Waals surface area contributed by atoms with Gasteiger partial charge in [0.2, 0.25) is 11.8 Å². The van der Waals surface area contributed by atoms with Crippen molar-refractivity contribution in [2.45, 2.75) is 63.6 Å². The Bertz CT molecular complexity index is 993. The van der Waals surface area contributed by atoms with Gasteiger partial charge >= 0.3 is 6.09 Å². The number of carbonyl (C=O) groups is 3. The summed E-state index contributed by atoms with van der Waals surface area (Å²) in [4.78, 5) is 39.7. The van der Waals surface area contributed by atoms with Crippen molar-refractivity contribution in [1.82, 2.24) is 15.5 Å². The molecule has 1 fully saturated rings. The Hall–Kier alpha value is -3.43. The second-order valence-corrected chi connectivity index (χ2v) is 8.96. The smallest absolute Gasteiger partial charge is 0.408 e. The molecular weight excluding hydrogens is 450 g/mol. The molecule has 2 aromatic carbocycles. The van der Waals surface area contributed by atoms with Crippen LogP contribution in [0.25, 0.3) is 0 Å². The molecule has 0 bridgehead atoms. The summed E-state index contributed by atoms with van der Waals surface area (Å²) in [5, 5.41) is 25.7. The number of ether oxygens (including phenoxy) is 1. The summed E-state index contributed by atoms with van der Waals surface area (Å²) >= 11 is 0. The third-order valence-electron chi connectivity index (χ3n) is 6.02. The second-order valence-electron chi connectivity index (χ2n) is 8.96. The number of aliphatic hydroxyl groups is 2. The zero-order valence-electron chi connectivity index (χ0n) is 20.0. The predicted octanol–water partition coefficient (Wildman–Crippen LogP) is 1.72. The van der Waals surface area contributed by atoms with E-state index in [1.807, 2.05) is 60.7 Å². The lowest BCUT2D eigenvalue weighted by Gasteiger charge is -2.32. The van der Waals surface area contributed by atoms with E-state index in [1.165, 1.54) is 18.7 Å². The molecule has 1 aliphatic heterocycles. The summed E-state index contributed by atoms with van der Waals surface area (Å²) in [6.07, 6.45) is 0.540. The van der Waals surface area contributed by atoms with Crippen molar-refractivity contribution in [1.29, 1.82) is 0 Å². The molecule has 2 aromatic rings. The largest absolute Gasteiger partial charge is 0.445 e. The molecule has 0 aromatic heterocycles. The first kappa shape index (κ1) is 26.2. The average molecular weight is 484 g/mol. The van der Waals surface area contributed by atoms with Gasteiger partial charge in [0.1, 0.15) is 18.7 Å². The number of amides is 3. The first-order valence-corrected chi connectivity index (χ1v) is 11.7. The van der Waals surface area contributed by atoms with Crippen molar-refractivity contribution in [3.8, 4) is 0 Å². The lowest BCUT2D eigenvalue weighted by atomic mass is 9.99. The Labute approximate surface area is 205 Å². The molecule has 1 heterocycles. The summed E-state index contributed by atoms with van der Waals surface area (Å²) in [5.41, 5.74) is 1.65. The van der Waals surface area contributed by atoms with Crippen LogP contribution in [0.2, 0.25) is 0 Å². The topological polar surface area (TPSA) is 128 Å². The van der Waals surface area contributed by atoms with Gasteiger partial charge in [0, 0.05) is 6.54 Å². The molecule has 0 spiro atoms. The number of alkyl carbamates (subject to hydrolysis) is 1. The molecule has 3 amide bonds. The highest BCUT2D eigenvalue weighted by Gasteiger charge is 2.39. The highest BCUT2D eigenvalue weighted by molar-refractivity contribution is 5.91. The highest BCUT2D eigenvalue weighted by atomic mass is 16.5. The van der Waals surface area contributed by atoms with Gasteiger partial charge in [-0.25, -0.2) is 4.79 Å². The van der Waals surface area contributed by atoms with Crippen molar-refractivity contribution >= 4 is 17.9 Å². The number of benzene rings is 2.